The molecule has 0 atom stereocenters. The fourth-order valence-electron chi connectivity index (χ4n) is 4.62. The molecular weight excluding hydrogens is 426 g/mol. The molecule has 2 saturated heterocycles. The van der Waals surface area contributed by atoms with Gasteiger partial charge in [0, 0.05) is 49.4 Å². The SMILES string of the molecule is O=C(c1ccc(-c2ccsc2)cc1)N1CCC(N2CCC(Oc3nccs3)CC2)CC1. The molecule has 1 amide bonds. The van der Waals surface area contributed by atoms with Crippen LogP contribution in [0.25, 0.3) is 11.1 Å². The van der Waals surface area contributed by atoms with Gasteiger partial charge in [-0.3, -0.25) is 9.69 Å². The summed E-state index contributed by atoms with van der Waals surface area (Å²) in [5.74, 6) is 0.158. The Morgan fingerprint density at radius 2 is 1.71 bits per heavy atom. The van der Waals surface area contributed by atoms with E-state index in [0.29, 0.717) is 6.04 Å². The van der Waals surface area contributed by atoms with E-state index in [2.05, 4.69) is 38.8 Å². The number of likely N-dealkylation sites (tertiary alicyclic amines) is 2. The quantitative estimate of drug-likeness (QED) is 0.544. The van der Waals surface area contributed by atoms with Crippen molar-refractivity contribution in [3.8, 4) is 16.3 Å². The van der Waals surface area contributed by atoms with E-state index >= 15 is 0 Å². The van der Waals surface area contributed by atoms with Gasteiger partial charge >= 0.3 is 0 Å². The molecule has 0 aliphatic carbocycles. The van der Waals surface area contributed by atoms with Gasteiger partial charge in [0.05, 0.1) is 0 Å². The molecule has 7 heteroatoms. The normalized spacial score (nSPS) is 18.9. The summed E-state index contributed by atoms with van der Waals surface area (Å²) in [5, 5.41) is 6.95. The fraction of sp³-hybridized carbons (Fsp3) is 0.417. The minimum atomic E-state index is 0.158. The number of hydrogen-bond donors (Lipinski definition) is 0. The number of thiophene rings is 1. The molecule has 2 aliphatic rings. The summed E-state index contributed by atoms with van der Waals surface area (Å²) in [4.78, 5) is 21.8. The summed E-state index contributed by atoms with van der Waals surface area (Å²) >= 11 is 3.25. The lowest BCUT2D eigenvalue weighted by Gasteiger charge is -2.41. The summed E-state index contributed by atoms with van der Waals surface area (Å²) in [5.41, 5.74) is 3.17. The van der Waals surface area contributed by atoms with E-state index in [-0.39, 0.29) is 12.0 Å². The molecule has 1 aromatic carbocycles. The van der Waals surface area contributed by atoms with Gasteiger partial charge in [-0.15, -0.1) is 0 Å². The van der Waals surface area contributed by atoms with Crippen LogP contribution in [-0.4, -0.2) is 59.0 Å². The van der Waals surface area contributed by atoms with Crippen molar-refractivity contribution in [2.45, 2.75) is 37.8 Å². The van der Waals surface area contributed by atoms with Crippen LogP contribution in [0.1, 0.15) is 36.0 Å². The zero-order chi connectivity index (χ0) is 21.0. The highest BCUT2D eigenvalue weighted by atomic mass is 32.1. The highest BCUT2D eigenvalue weighted by Crippen LogP contribution is 2.26. The van der Waals surface area contributed by atoms with Crippen molar-refractivity contribution in [3.63, 3.8) is 0 Å². The van der Waals surface area contributed by atoms with Crippen LogP contribution < -0.4 is 4.74 Å². The third kappa shape index (κ3) is 4.84. The molecule has 5 nitrogen and oxygen atoms in total. The van der Waals surface area contributed by atoms with Gasteiger partial charge in [0.25, 0.3) is 11.1 Å². The highest BCUT2D eigenvalue weighted by molar-refractivity contribution is 7.11. The van der Waals surface area contributed by atoms with Crippen LogP contribution in [0.2, 0.25) is 0 Å². The van der Waals surface area contributed by atoms with Crippen LogP contribution in [0.15, 0.2) is 52.7 Å². The van der Waals surface area contributed by atoms with E-state index in [1.807, 2.05) is 22.4 Å². The Labute approximate surface area is 191 Å². The molecule has 162 valence electrons. The van der Waals surface area contributed by atoms with Crippen molar-refractivity contribution in [3.05, 3.63) is 58.2 Å². The summed E-state index contributed by atoms with van der Waals surface area (Å²) in [6, 6.07) is 10.7. The Morgan fingerprint density at radius 1 is 0.935 bits per heavy atom. The summed E-state index contributed by atoms with van der Waals surface area (Å²) < 4.78 is 5.99. The van der Waals surface area contributed by atoms with Crippen LogP contribution in [0, 0.1) is 0 Å². The number of piperidine rings is 2. The second-order valence-corrected chi connectivity index (χ2v) is 9.90. The number of nitrogens with zero attached hydrogens (tertiary/aromatic N) is 3. The zero-order valence-corrected chi connectivity index (χ0v) is 19.1. The van der Waals surface area contributed by atoms with E-state index in [0.717, 1.165) is 62.6 Å². The topological polar surface area (TPSA) is 45.7 Å². The lowest BCUT2D eigenvalue weighted by atomic mass is 9.98. The molecule has 2 aliphatic heterocycles. The Balaban J connectivity index is 1.10. The maximum Gasteiger partial charge on any atom is 0.273 e. The first kappa shape index (κ1) is 20.7. The lowest BCUT2D eigenvalue weighted by Crippen LogP contribution is -2.50. The predicted octanol–water partition coefficient (Wildman–Crippen LogP) is 5.02. The molecule has 0 N–H and O–H groups in total. The molecular formula is C24H27N3O2S2. The first-order valence-electron chi connectivity index (χ1n) is 11.0. The maximum atomic E-state index is 13.0. The van der Waals surface area contributed by atoms with E-state index in [1.165, 1.54) is 11.1 Å². The molecule has 0 bridgehead atoms. The zero-order valence-electron chi connectivity index (χ0n) is 17.5. The van der Waals surface area contributed by atoms with Gasteiger partial charge in [0.1, 0.15) is 6.10 Å². The first-order valence-corrected chi connectivity index (χ1v) is 12.8. The van der Waals surface area contributed by atoms with Crippen molar-refractivity contribution >= 4 is 28.6 Å². The van der Waals surface area contributed by atoms with Gasteiger partial charge in [0.15, 0.2) is 0 Å². The average molecular weight is 454 g/mol. The summed E-state index contributed by atoms with van der Waals surface area (Å²) in [6.45, 7) is 3.81. The van der Waals surface area contributed by atoms with Crippen molar-refractivity contribution in [2.24, 2.45) is 0 Å². The Bertz CT molecular complexity index is 957. The van der Waals surface area contributed by atoms with Crippen molar-refractivity contribution in [1.29, 1.82) is 0 Å². The maximum absolute atomic E-state index is 13.0. The number of ether oxygens (including phenoxy) is 1. The van der Waals surface area contributed by atoms with Gasteiger partial charge in [-0.2, -0.15) is 11.3 Å². The third-order valence-electron chi connectivity index (χ3n) is 6.41. The van der Waals surface area contributed by atoms with Crippen LogP contribution in [0.4, 0.5) is 0 Å². The minimum Gasteiger partial charge on any atom is -0.467 e. The molecule has 5 rings (SSSR count). The number of rotatable bonds is 5. The Morgan fingerprint density at radius 3 is 2.35 bits per heavy atom. The highest BCUT2D eigenvalue weighted by Gasteiger charge is 2.30. The average Bonchev–Trinajstić information content (AvgIpc) is 3.54. The number of carbonyl (C=O) groups is 1. The van der Waals surface area contributed by atoms with Crippen molar-refractivity contribution in [2.75, 3.05) is 26.2 Å². The van der Waals surface area contributed by atoms with E-state index in [4.69, 9.17) is 4.74 Å². The van der Waals surface area contributed by atoms with Crippen molar-refractivity contribution in [1.82, 2.24) is 14.8 Å². The van der Waals surface area contributed by atoms with E-state index in [9.17, 15) is 4.79 Å². The number of benzene rings is 1. The summed E-state index contributed by atoms with van der Waals surface area (Å²) in [6.07, 6.45) is 6.28. The molecule has 4 heterocycles. The van der Waals surface area contributed by atoms with Gasteiger partial charge in [-0.05, 0) is 65.8 Å². The van der Waals surface area contributed by atoms with Crippen LogP contribution in [0.3, 0.4) is 0 Å². The third-order valence-corrected chi connectivity index (χ3v) is 7.75. The lowest BCUT2D eigenvalue weighted by molar-refractivity contribution is 0.0425. The smallest absolute Gasteiger partial charge is 0.273 e. The minimum absolute atomic E-state index is 0.158. The monoisotopic (exact) mass is 453 g/mol. The molecule has 0 spiro atoms. The molecule has 0 radical (unpaired) electrons. The van der Waals surface area contributed by atoms with Crippen LogP contribution in [0.5, 0.6) is 5.19 Å². The van der Waals surface area contributed by atoms with Gasteiger partial charge < -0.3 is 9.64 Å². The van der Waals surface area contributed by atoms with E-state index in [1.54, 1.807) is 28.9 Å². The van der Waals surface area contributed by atoms with Crippen LogP contribution >= 0.6 is 22.7 Å². The standard InChI is InChI=1S/C24H27N3O2S2/c28-23(19-3-1-18(2-4-19)20-9-15-30-17-20)27-11-5-21(6-12-27)26-13-7-22(8-14-26)29-24-25-10-16-31-24/h1-4,9-10,15-17,21-22H,5-8,11-14H2. The number of amides is 1. The predicted molar refractivity (Wildman–Crippen MR) is 126 cm³/mol. The number of hydrogen-bond acceptors (Lipinski definition) is 6. The number of thiazole rings is 1. The van der Waals surface area contributed by atoms with Crippen LogP contribution in [-0.2, 0) is 0 Å². The Hall–Kier alpha value is -2.22. The van der Waals surface area contributed by atoms with Gasteiger partial charge in [-0.1, -0.05) is 23.5 Å². The second-order valence-electron chi connectivity index (χ2n) is 8.26. The summed E-state index contributed by atoms with van der Waals surface area (Å²) in [7, 11) is 0. The second kappa shape index (κ2) is 9.51. The molecule has 31 heavy (non-hydrogen) atoms. The molecule has 3 aromatic rings. The molecule has 2 aromatic heterocycles. The molecule has 2 fully saturated rings. The fourth-order valence-corrected chi connectivity index (χ4v) is 5.84. The number of carbonyl (C=O) groups excluding carboxylic acids is 1. The number of aromatic nitrogens is 1. The van der Waals surface area contributed by atoms with Gasteiger partial charge in [-0.25, -0.2) is 4.98 Å². The van der Waals surface area contributed by atoms with Crippen molar-refractivity contribution < 1.29 is 9.53 Å². The van der Waals surface area contributed by atoms with E-state index < -0.39 is 0 Å². The first-order chi connectivity index (χ1) is 15.3. The largest absolute Gasteiger partial charge is 0.467 e. The molecule has 0 unspecified atom stereocenters. The molecule has 0 saturated carbocycles. The van der Waals surface area contributed by atoms with Gasteiger partial charge in [0.2, 0.25) is 0 Å². The Kier molecular flexibility index (Phi) is 6.34.